The molecule has 164 valence electrons. The molecule has 0 N–H and O–H groups in total. The van der Waals surface area contributed by atoms with Crippen molar-refractivity contribution >= 4 is 0 Å². The van der Waals surface area contributed by atoms with Gasteiger partial charge in [0.1, 0.15) is 12.4 Å². The van der Waals surface area contributed by atoms with E-state index in [2.05, 4.69) is 38.1 Å². The predicted molar refractivity (Wildman–Crippen MR) is 126 cm³/mol. The molecular weight excluding hydrogens is 386 g/mol. The Bertz CT molecular complexity index is 1000. The molecule has 4 heteroatoms. The fourth-order valence-electron chi connectivity index (χ4n) is 3.79. The molecule has 0 spiro atoms. The molecule has 3 rings (SSSR count). The lowest BCUT2D eigenvalue weighted by atomic mass is 9.94. The first kappa shape index (κ1) is 22.7. The van der Waals surface area contributed by atoms with Crippen molar-refractivity contribution in [3.05, 3.63) is 70.9 Å². The van der Waals surface area contributed by atoms with Crippen LogP contribution in [0.3, 0.4) is 0 Å². The van der Waals surface area contributed by atoms with Crippen LogP contribution in [-0.2, 0) is 19.4 Å². The summed E-state index contributed by atoms with van der Waals surface area (Å²) in [5, 5.41) is 0. The van der Waals surface area contributed by atoms with Crippen LogP contribution in [0, 0.1) is 6.92 Å². The van der Waals surface area contributed by atoms with Crippen LogP contribution in [0.2, 0.25) is 0 Å². The lowest BCUT2D eigenvalue weighted by Crippen LogP contribution is -2.11. The van der Waals surface area contributed by atoms with Crippen LogP contribution in [0.25, 0.3) is 11.3 Å². The molecule has 0 unspecified atom stereocenters. The third-order valence-electron chi connectivity index (χ3n) is 5.35. The van der Waals surface area contributed by atoms with Crippen molar-refractivity contribution in [3.63, 3.8) is 0 Å². The summed E-state index contributed by atoms with van der Waals surface area (Å²) in [6.45, 7) is 10.8. The normalized spacial score (nSPS) is 10.9. The van der Waals surface area contributed by atoms with E-state index in [0.717, 1.165) is 35.5 Å². The van der Waals surface area contributed by atoms with Crippen LogP contribution < -0.4 is 14.2 Å². The molecule has 0 aliphatic carbocycles. The molecule has 0 saturated heterocycles. The number of methoxy groups -OCH3 is 1. The van der Waals surface area contributed by atoms with E-state index in [1.165, 1.54) is 16.7 Å². The minimum Gasteiger partial charge on any atom is -0.493 e. The number of benzene rings is 2. The van der Waals surface area contributed by atoms with E-state index in [1.54, 1.807) is 7.11 Å². The zero-order chi connectivity index (χ0) is 22.4. The van der Waals surface area contributed by atoms with Gasteiger partial charge in [0.25, 0.3) is 0 Å². The Morgan fingerprint density at radius 2 is 1.52 bits per heavy atom. The van der Waals surface area contributed by atoms with Gasteiger partial charge in [-0.3, -0.25) is 4.98 Å². The summed E-state index contributed by atoms with van der Waals surface area (Å²) in [6, 6.07) is 16.2. The highest BCUT2D eigenvalue weighted by Gasteiger charge is 2.18. The summed E-state index contributed by atoms with van der Waals surface area (Å²) in [4.78, 5) is 4.99. The first-order valence-electron chi connectivity index (χ1n) is 11.0. The Hall–Kier alpha value is -3.01. The SMILES string of the molecule is CCc1cccc(CC)c1-c1cc(OC(C)C)c(COc2ccccc2OC)c(C)n1. The summed E-state index contributed by atoms with van der Waals surface area (Å²) in [5.74, 6) is 2.23. The number of rotatable bonds is 9. The fourth-order valence-corrected chi connectivity index (χ4v) is 3.79. The highest BCUT2D eigenvalue weighted by atomic mass is 16.5. The summed E-state index contributed by atoms with van der Waals surface area (Å²) < 4.78 is 17.8. The molecule has 2 aromatic carbocycles. The van der Waals surface area contributed by atoms with E-state index >= 15 is 0 Å². The van der Waals surface area contributed by atoms with Crippen molar-refractivity contribution in [3.8, 4) is 28.5 Å². The van der Waals surface area contributed by atoms with Gasteiger partial charge in [-0.25, -0.2) is 0 Å². The van der Waals surface area contributed by atoms with Gasteiger partial charge in [-0.1, -0.05) is 44.2 Å². The number of ether oxygens (including phenoxy) is 3. The third kappa shape index (κ3) is 5.19. The molecule has 0 aliphatic heterocycles. The van der Waals surface area contributed by atoms with Gasteiger partial charge in [-0.15, -0.1) is 0 Å². The van der Waals surface area contributed by atoms with Gasteiger partial charge in [-0.05, 0) is 56.9 Å². The molecule has 0 saturated carbocycles. The second-order valence-corrected chi connectivity index (χ2v) is 7.83. The van der Waals surface area contributed by atoms with Gasteiger partial charge in [0.05, 0.1) is 24.5 Å². The summed E-state index contributed by atoms with van der Waals surface area (Å²) in [5.41, 5.74) is 6.66. The maximum Gasteiger partial charge on any atom is 0.161 e. The monoisotopic (exact) mass is 419 g/mol. The van der Waals surface area contributed by atoms with Crippen molar-refractivity contribution in [2.75, 3.05) is 7.11 Å². The highest BCUT2D eigenvalue weighted by Crippen LogP contribution is 2.34. The van der Waals surface area contributed by atoms with Gasteiger partial charge in [0, 0.05) is 17.3 Å². The van der Waals surface area contributed by atoms with Gasteiger partial charge >= 0.3 is 0 Å². The molecule has 0 bridgehead atoms. The predicted octanol–water partition coefficient (Wildman–Crippen LogP) is 6.56. The van der Waals surface area contributed by atoms with E-state index in [0.29, 0.717) is 18.1 Å². The zero-order valence-corrected chi connectivity index (χ0v) is 19.5. The number of pyridine rings is 1. The number of aromatic nitrogens is 1. The summed E-state index contributed by atoms with van der Waals surface area (Å²) in [7, 11) is 1.65. The maximum absolute atomic E-state index is 6.23. The Morgan fingerprint density at radius 1 is 0.871 bits per heavy atom. The molecular formula is C27H33NO3. The first-order chi connectivity index (χ1) is 15.0. The van der Waals surface area contributed by atoms with Gasteiger partial charge in [-0.2, -0.15) is 0 Å². The molecule has 4 nitrogen and oxygen atoms in total. The first-order valence-corrected chi connectivity index (χ1v) is 11.0. The van der Waals surface area contributed by atoms with Crippen molar-refractivity contribution in [2.24, 2.45) is 0 Å². The molecule has 0 radical (unpaired) electrons. The molecule has 0 fully saturated rings. The fraction of sp³-hybridized carbons (Fsp3) is 0.370. The molecule has 0 amide bonds. The summed E-state index contributed by atoms with van der Waals surface area (Å²) in [6.07, 6.45) is 1.97. The lowest BCUT2D eigenvalue weighted by molar-refractivity contribution is 0.227. The minimum atomic E-state index is 0.0479. The maximum atomic E-state index is 6.23. The topological polar surface area (TPSA) is 40.6 Å². The van der Waals surface area contributed by atoms with Crippen LogP contribution in [0.15, 0.2) is 48.5 Å². The highest BCUT2D eigenvalue weighted by molar-refractivity contribution is 5.70. The standard InChI is InChI=1S/C27H33NO3/c1-7-20-12-11-13-21(8-2)27(20)23-16-26(31-18(3)4)22(19(5)28-23)17-30-25-15-10-9-14-24(25)29-6/h9-16,18H,7-8,17H2,1-6H3. The number of nitrogens with zero attached hydrogens (tertiary/aromatic N) is 1. The largest absolute Gasteiger partial charge is 0.493 e. The Labute approximate surface area is 186 Å². The number of hydrogen-bond acceptors (Lipinski definition) is 4. The molecule has 1 heterocycles. The van der Waals surface area contributed by atoms with Crippen LogP contribution >= 0.6 is 0 Å². The van der Waals surface area contributed by atoms with Crippen molar-refractivity contribution in [1.82, 2.24) is 4.98 Å². The minimum absolute atomic E-state index is 0.0479. The van der Waals surface area contributed by atoms with Crippen molar-refractivity contribution in [2.45, 2.75) is 60.2 Å². The third-order valence-corrected chi connectivity index (χ3v) is 5.35. The summed E-state index contributed by atoms with van der Waals surface area (Å²) >= 11 is 0. The van der Waals surface area contributed by atoms with Crippen LogP contribution in [0.1, 0.15) is 50.1 Å². The molecule has 31 heavy (non-hydrogen) atoms. The Balaban J connectivity index is 2.04. The average Bonchev–Trinajstić information content (AvgIpc) is 2.77. The Morgan fingerprint density at radius 3 is 2.10 bits per heavy atom. The van der Waals surface area contributed by atoms with Crippen molar-refractivity contribution in [1.29, 1.82) is 0 Å². The van der Waals surface area contributed by atoms with Gasteiger partial charge in [0.15, 0.2) is 11.5 Å². The molecule has 3 aromatic rings. The quantitative estimate of drug-likeness (QED) is 0.394. The van der Waals surface area contributed by atoms with Crippen molar-refractivity contribution < 1.29 is 14.2 Å². The zero-order valence-electron chi connectivity index (χ0n) is 19.5. The van der Waals surface area contributed by atoms with Gasteiger partial charge < -0.3 is 14.2 Å². The smallest absolute Gasteiger partial charge is 0.161 e. The van der Waals surface area contributed by atoms with Crippen LogP contribution in [0.4, 0.5) is 0 Å². The number of para-hydroxylation sites is 2. The molecule has 0 atom stereocenters. The molecule has 1 aromatic heterocycles. The second kappa shape index (κ2) is 10.3. The second-order valence-electron chi connectivity index (χ2n) is 7.83. The van der Waals surface area contributed by atoms with E-state index in [9.17, 15) is 0 Å². The van der Waals surface area contributed by atoms with E-state index in [4.69, 9.17) is 19.2 Å². The van der Waals surface area contributed by atoms with E-state index in [1.807, 2.05) is 45.0 Å². The van der Waals surface area contributed by atoms with Crippen LogP contribution in [-0.4, -0.2) is 18.2 Å². The lowest BCUT2D eigenvalue weighted by Gasteiger charge is -2.20. The van der Waals surface area contributed by atoms with Crippen LogP contribution in [0.5, 0.6) is 17.2 Å². The number of hydrogen-bond donors (Lipinski definition) is 0. The average molecular weight is 420 g/mol. The Kier molecular flexibility index (Phi) is 7.56. The van der Waals surface area contributed by atoms with Gasteiger partial charge in [0.2, 0.25) is 0 Å². The number of aryl methyl sites for hydroxylation is 3. The van der Waals surface area contributed by atoms with E-state index < -0.39 is 0 Å². The molecule has 0 aliphatic rings. The van der Waals surface area contributed by atoms with E-state index in [-0.39, 0.29) is 6.10 Å².